The Morgan fingerprint density at radius 3 is 2.71 bits per heavy atom. The van der Waals surface area contributed by atoms with Gasteiger partial charge < -0.3 is 9.73 Å². The second-order valence-corrected chi connectivity index (χ2v) is 5.89. The summed E-state index contributed by atoms with van der Waals surface area (Å²) in [6.07, 6.45) is 2.47. The number of rotatable bonds is 7. The van der Waals surface area contributed by atoms with E-state index in [0.29, 0.717) is 23.4 Å². The highest BCUT2D eigenvalue weighted by Crippen LogP contribution is 2.21. The Kier molecular flexibility index (Phi) is 5.57. The molecule has 1 amide bonds. The van der Waals surface area contributed by atoms with Crippen molar-refractivity contribution in [3.05, 3.63) is 60.3 Å². The Morgan fingerprint density at radius 2 is 1.92 bits per heavy atom. The van der Waals surface area contributed by atoms with Crippen molar-refractivity contribution in [3.63, 3.8) is 0 Å². The van der Waals surface area contributed by atoms with Crippen molar-refractivity contribution in [2.45, 2.75) is 11.6 Å². The van der Waals surface area contributed by atoms with Crippen LogP contribution in [0.4, 0.5) is 0 Å². The van der Waals surface area contributed by atoms with Crippen LogP contribution >= 0.6 is 11.8 Å². The summed E-state index contributed by atoms with van der Waals surface area (Å²) < 4.78 is 5.49. The molecule has 122 valence electrons. The molecule has 7 heteroatoms. The number of amides is 1. The normalized spacial score (nSPS) is 10.5. The molecule has 6 nitrogen and oxygen atoms in total. The third kappa shape index (κ3) is 4.66. The van der Waals surface area contributed by atoms with Crippen molar-refractivity contribution in [2.75, 3.05) is 12.3 Å². The van der Waals surface area contributed by atoms with E-state index in [1.54, 1.807) is 12.3 Å². The van der Waals surface area contributed by atoms with Crippen LogP contribution in [0.2, 0.25) is 0 Å². The number of benzene rings is 1. The van der Waals surface area contributed by atoms with Gasteiger partial charge in [-0.3, -0.25) is 9.78 Å². The average Bonchev–Trinajstić information content (AvgIpc) is 3.11. The fraction of sp³-hybridized carbons (Fsp3) is 0.176. The third-order valence-electron chi connectivity index (χ3n) is 3.20. The molecule has 1 aromatic carbocycles. The number of hydrogen-bond donors (Lipinski definition) is 1. The molecular formula is C17H16N4O2S. The molecule has 0 atom stereocenters. The monoisotopic (exact) mass is 340 g/mol. The molecule has 0 aliphatic carbocycles. The topological polar surface area (TPSA) is 80.9 Å². The molecule has 24 heavy (non-hydrogen) atoms. The Labute approximate surface area is 143 Å². The second kappa shape index (κ2) is 8.26. The molecular weight excluding hydrogens is 324 g/mol. The van der Waals surface area contributed by atoms with E-state index < -0.39 is 0 Å². The third-order valence-corrected chi connectivity index (χ3v) is 4.01. The number of nitrogens with one attached hydrogen (secondary N) is 1. The minimum Gasteiger partial charge on any atom is -0.410 e. The first-order valence-electron chi connectivity index (χ1n) is 7.49. The van der Waals surface area contributed by atoms with Gasteiger partial charge in [0.2, 0.25) is 5.91 Å². The standard InChI is InChI=1S/C17H16N4O2S/c22-15(19-11-9-13-6-2-1-3-7-13)12-24-17-21-20-16(23-17)14-8-4-5-10-18-14/h1-8,10H,9,11-12H2,(H,19,22). The smallest absolute Gasteiger partial charge is 0.277 e. The lowest BCUT2D eigenvalue weighted by atomic mass is 10.1. The summed E-state index contributed by atoms with van der Waals surface area (Å²) in [5.74, 6) is 0.523. The van der Waals surface area contributed by atoms with Crippen molar-refractivity contribution >= 4 is 17.7 Å². The predicted octanol–water partition coefficient (Wildman–Crippen LogP) is 2.58. The maximum atomic E-state index is 11.8. The van der Waals surface area contributed by atoms with E-state index in [0.717, 1.165) is 6.42 Å². The molecule has 1 N–H and O–H groups in total. The van der Waals surface area contributed by atoms with Crippen LogP contribution < -0.4 is 5.32 Å². The molecule has 0 radical (unpaired) electrons. The van der Waals surface area contributed by atoms with Crippen LogP contribution in [0.3, 0.4) is 0 Å². The molecule has 3 aromatic rings. The van der Waals surface area contributed by atoms with Gasteiger partial charge in [0.15, 0.2) is 0 Å². The molecule has 0 aliphatic rings. The lowest BCUT2D eigenvalue weighted by molar-refractivity contribution is -0.118. The molecule has 3 rings (SSSR count). The van der Waals surface area contributed by atoms with Crippen molar-refractivity contribution in [3.8, 4) is 11.6 Å². The van der Waals surface area contributed by atoms with Gasteiger partial charge in [-0.05, 0) is 24.1 Å². The molecule has 0 unspecified atom stereocenters. The zero-order valence-corrected chi connectivity index (χ0v) is 13.7. The summed E-state index contributed by atoms with van der Waals surface area (Å²) in [6.45, 7) is 0.604. The molecule has 0 saturated heterocycles. The Morgan fingerprint density at radius 1 is 1.08 bits per heavy atom. The van der Waals surface area contributed by atoms with Gasteiger partial charge in [-0.1, -0.05) is 48.2 Å². The summed E-state index contributed by atoms with van der Waals surface area (Å²) in [5.41, 5.74) is 1.81. The predicted molar refractivity (Wildman–Crippen MR) is 91.4 cm³/mol. The van der Waals surface area contributed by atoms with Crippen LogP contribution in [0.15, 0.2) is 64.4 Å². The lowest BCUT2D eigenvalue weighted by Gasteiger charge is -2.04. The van der Waals surface area contributed by atoms with Gasteiger partial charge in [-0.25, -0.2) is 0 Å². The number of nitrogens with zero attached hydrogens (tertiary/aromatic N) is 3. The summed E-state index contributed by atoms with van der Waals surface area (Å²) in [4.78, 5) is 16.0. The maximum Gasteiger partial charge on any atom is 0.277 e. The quantitative estimate of drug-likeness (QED) is 0.666. The van der Waals surface area contributed by atoms with Gasteiger partial charge >= 0.3 is 0 Å². The van der Waals surface area contributed by atoms with Gasteiger partial charge in [-0.2, -0.15) is 0 Å². The summed E-state index contributed by atoms with van der Waals surface area (Å²) in [6, 6.07) is 15.5. The minimum absolute atomic E-state index is 0.0616. The number of carbonyl (C=O) groups is 1. The number of hydrogen-bond acceptors (Lipinski definition) is 6. The van der Waals surface area contributed by atoms with E-state index in [9.17, 15) is 4.79 Å². The van der Waals surface area contributed by atoms with Gasteiger partial charge in [0.1, 0.15) is 5.69 Å². The Hall–Kier alpha value is -2.67. The number of aromatic nitrogens is 3. The van der Waals surface area contributed by atoms with E-state index in [4.69, 9.17) is 4.42 Å². The van der Waals surface area contributed by atoms with Crippen molar-refractivity contribution in [1.82, 2.24) is 20.5 Å². The summed E-state index contributed by atoms with van der Waals surface area (Å²) in [5, 5.41) is 11.1. The van der Waals surface area contributed by atoms with Gasteiger partial charge in [0.05, 0.1) is 5.75 Å². The second-order valence-electron chi connectivity index (χ2n) is 4.96. The van der Waals surface area contributed by atoms with E-state index in [2.05, 4.69) is 20.5 Å². The molecule has 0 aliphatic heterocycles. The van der Waals surface area contributed by atoms with Crippen LogP contribution in [0.1, 0.15) is 5.56 Å². The SMILES string of the molecule is O=C(CSc1nnc(-c2ccccn2)o1)NCCc1ccccc1. The molecule has 0 fully saturated rings. The van der Waals surface area contributed by atoms with E-state index >= 15 is 0 Å². The first-order valence-corrected chi connectivity index (χ1v) is 8.48. The molecule has 0 spiro atoms. The average molecular weight is 340 g/mol. The fourth-order valence-corrected chi connectivity index (χ4v) is 2.62. The minimum atomic E-state index is -0.0616. The fourth-order valence-electron chi connectivity index (χ4n) is 2.03. The van der Waals surface area contributed by atoms with Gasteiger partial charge in [0, 0.05) is 12.7 Å². The van der Waals surface area contributed by atoms with Crippen LogP contribution in [-0.2, 0) is 11.2 Å². The lowest BCUT2D eigenvalue weighted by Crippen LogP contribution is -2.27. The number of carbonyl (C=O) groups excluding carboxylic acids is 1. The summed E-state index contributed by atoms with van der Waals surface area (Å²) in [7, 11) is 0. The zero-order valence-electron chi connectivity index (χ0n) is 12.9. The first kappa shape index (κ1) is 16.2. The Bertz CT molecular complexity index is 778. The van der Waals surface area contributed by atoms with Crippen LogP contribution in [0.25, 0.3) is 11.6 Å². The Balaban J connectivity index is 1.42. The van der Waals surface area contributed by atoms with E-state index in [-0.39, 0.29) is 11.7 Å². The maximum absolute atomic E-state index is 11.8. The van der Waals surface area contributed by atoms with E-state index in [1.807, 2.05) is 42.5 Å². The number of thioether (sulfide) groups is 1. The summed E-state index contributed by atoms with van der Waals surface area (Å²) >= 11 is 1.21. The van der Waals surface area contributed by atoms with Crippen LogP contribution in [-0.4, -0.2) is 33.4 Å². The van der Waals surface area contributed by atoms with Crippen LogP contribution in [0, 0.1) is 0 Å². The van der Waals surface area contributed by atoms with Crippen molar-refractivity contribution < 1.29 is 9.21 Å². The first-order chi connectivity index (χ1) is 11.8. The number of pyridine rings is 1. The zero-order chi connectivity index (χ0) is 16.6. The van der Waals surface area contributed by atoms with Crippen molar-refractivity contribution in [2.24, 2.45) is 0 Å². The highest BCUT2D eigenvalue weighted by Gasteiger charge is 2.11. The molecule has 0 saturated carbocycles. The van der Waals surface area contributed by atoms with E-state index in [1.165, 1.54) is 17.3 Å². The van der Waals surface area contributed by atoms with Crippen LogP contribution in [0.5, 0.6) is 0 Å². The van der Waals surface area contributed by atoms with Crippen molar-refractivity contribution in [1.29, 1.82) is 0 Å². The van der Waals surface area contributed by atoms with Gasteiger partial charge in [0.25, 0.3) is 11.1 Å². The highest BCUT2D eigenvalue weighted by atomic mass is 32.2. The van der Waals surface area contributed by atoms with Gasteiger partial charge in [-0.15, -0.1) is 10.2 Å². The molecule has 2 heterocycles. The largest absolute Gasteiger partial charge is 0.410 e. The highest BCUT2D eigenvalue weighted by molar-refractivity contribution is 7.99. The molecule has 2 aromatic heterocycles. The molecule has 0 bridgehead atoms.